The molecule has 1 atom stereocenters. The Morgan fingerprint density at radius 2 is 1.60 bits per heavy atom. The number of amides is 1. The van der Waals surface area contributed by atoms with E-state index in [1.165, 1.54) is 24.5 Å². The molecule has 5 nitrogen and oxygen atoms in total. The molecule has 3 rings (SSSR count). The van der Waals surface area contributed by atoms with Crippen molar-refractivity contribution < 1.29 is 18.0 Å². The van der Waals surface area contributed by atoms with Gasteiger partial charge in [-0.1, -0.05) is 49.7 Å². The van der Waals surface area contributed by atoms with Gasteiger partial charge in [-0.25, -0.2) is 9.97 Å². The number of rotatable bonds is 7. The van der Waals surface area contributed by atoms with Crippen molar-refractivity contribution in [3.8, 4) is 11.1 Å². The van der Waals surface area contributed by atoms with Crippen LogP contribution in [-0.4, -0.2) is 15.9 Å². The van der Waals surface area contributed by atoms with Crippen LogP contribution in [0.1, 0.15) is 47.4 Å². The van der Waals surface area contributed by atoms with Gasteiger partial charge < -0.3 is 11.1 Å². The van der Waals surface area contributed by atoms with E-state index < -0.39 is 17.6 Å². The summed E-state index contributed by atoms with van der Waals surface area (Å²) in [5.41, 5.74) is 7.15. The van der Waals surface area contributed by atoms with Crippen LogP contribution in [0.15, 0.2) is 60.9 Å². The number of aromatic nitrogens is 2. The fourth-order valence-corrected chi connectivity index (χ4v) is 3.08. The number of carbonyl (C=O) groups excluding carboxylic acids is 1. The van der Waals surface area contributed by atoms with Crippen LogP contribution < -0.4 is 11.1 Å². The highest BCUT2D eigenvalue weighted by Gasteiger charge is 2.29. The molecule has 1 heterocycles. The normalized spacial score (nSPS) is 12.4. The fraction of sp³-hybridized carbons (Fsp3) is 0.227. The smallest absolute Gasteiger partial charge is 0.364 e. The van der Waals surface area contributed by atoms with Gasteiger partial charge in [0.1, 0.15) is 11.5 Å². The molecule has 0 aliphatic carbocycles. The average Bonchev–Trinajstić information content (AvgIpc) is 2.73. The number of anilines is 1. The molecule has 8 heteroatoms. The van der Waals surface area contributed by atoms with Crippen molar-refractivity contribution in [1.82, 2.24) is 9.97 Å². The van der Waals surface area contributed by atoms with Crippen molar-refractivity contribution in [2.75, 3.05) is 5.32 Å². The minimum Gasteiger partial charge on any atom is -0.364 e. The summed E-state index contributed by atoms with van der Waals surface area (Å²) in [5.74, 6) is -0.122. The summed E-state index contributed by atoms with van der Waals surface area (Å²) in [4.78, 5) is 19.3. The Labute approximate surface area is 172 Å². The number of primary amides is 1. The summed E-state index contributed by atoms with van der Waals surface area (Å²) >= 11 is 0. The second-order valence-electron chi connectivity index (χ2n) is 6.83. The van der Waals surface area contributed by atoms with Crippen molar-refractivity contribution in [3.63, 3.8) is 0 Å². The summed E-state index contributed by atoms with van der Waals surface area (Å²) in [7, 11) is 0. The van der Waals surface area contributed by atoms with Gasteiger partial charge in [0, 0.05) is 0 Å². The maximum Gasteiger partial charge on any atom is 0.416 e. The Kier molecular flexibility index (Phi) is 6.34. The van der Waals surface area contributed by atoms with Crippen molar-refractivity contribution in [2.45, 2.75) is 32.0 Å². The molecule has 0 aliphatic heterocycles. The molecule has 2 aromatic carbocycles. The zero-order valence-electron chi connectivity index (χ0n) is 16.3. The number of nitrogens with two attached hydrogens (primary N) is 1. The number of benzene rings is 2. The Hall–Kier alpha value is -3.42. The third-order valence-corrected chi connectivity index (χ3v) is 4.66. The first-order valence-corrected chi connectivity index (χ1v) is 9.44. The molecule has 0 aliphatic rings. The van der Waals surface area contributed by atoms with Gasteiger partial charge in [-0.3, -0.25) is 4.79 Å². The van der Waals surface area contributed by atoms with Crippen LogP contribution in [0.5, 0.6) is 0 Å². The SMILES string of the molecule is CCCC(Nc1cnc(C(N)=O)cn1)c1ccc(-c2ccc(C(F)(F)F)cc2)cc1. The highest BCUT2D eigenvalue weighted by Crippen LogP contribution is 2.31. The van der Waals surface area contributed by atoms with E-state index in [2.05, 4.69) is 22.2 Å². The predicted octanol–water partition coefficient (Wildman–Crippen LogP) is 5.21. The van der Waals surface area contributed by atoms with E-state index in [0.717, 1.165) is 36.1 Å². The monoisotopic (exact) mass is 414 g/mol. The number of hydrogen-bond acceptors (Lipinski definition) is 4. The zero-order chi connectivity index (χ0) is 21.7. The van der Waals surface area contributed by atoms with Crippen LogP contribution in [0.2, 0.25) is 0 Å². The van der Waals surface area contributed by atoms with Gasteiger partial charge in [-0.15, -0.1) is 0 Å². The molecule has 3 N–H and O–H groups in total. The van der Waals surface area contributed by atoms with Gasteiger partial charge in [-0.05, 0) is 35.2 Å². The molecular formula is C22H21F3N4O. The molecule has 1 aromatic heterocycles. The Bertz CT molecular complexity index is 985. The van der Waals surface area contributed by atoms with Crippen LogP contribution in [0.3, 0.4) is 0 Å². The van der Waals surface area contributed by atoms with Crippen LogP contribution in [0, 0.1) is 0 Å². The molecule has 156 valence electrons. The van der Waals surface area contributed by atoms with Gasteiger partial charge in [0.05, 0.1) is 24.0 Å². The predicted molar refractivity (Wildman–Crippen MR) is 109 cm³/mol. The molecule has 1 unspecified atom stereocenters. The van der Waals surface area contributed by atoms with Gasteiger partial charge in [-0.2, -0.15) is 13.2 Å². The molecule has 3 aromatic rings. The van der Waals surface area contributed by atoms with Crippen molar-refractivity contribution in [2.24, 2.45) is 5.73 Å². The number of halogens is 3. The van der Waals surface area contributed by atoms with Gasteiger partial charge in [0.2, 0.25) is 0 Å². The summed E-state index contributed by atoms with van der Waals surface area (Å²) in [6.45, 7) is 2.06. The van der Waals surface area contributed by atoms with Gasteiger partial charge >= 0.3 is 6.18 Å². The van der Waals surface area contributed by atoms with E-state index in [1.807, 2.05) is 24.3 Å². The van der Waals surface area contributed by atoms with E-state index in [1.54, 1.807) is 0 Å². The first kappa shape index (κ1) is 21.3. The van der Waals surface area contributed by atoms with Crippen molar-refractivity contribution >= 4 is 11.7 Å². The van der Waals surface area contributed by atoms with Gasteiger partial charge in [0.15, 0.2) is 0 Å². The fourth-order valence-electron chi connectivity index (χ4n) is 3.08. The minimum atomic E-state index is -4.35. The third kappa shape index (κ3) is 5.14. The highest BCUT2D eigenvalue weighted by molar-refractivity contribution is 5.90. The lowest BCUT2D eigenvalue weighted by Gasteiger charge is -2.19. The van der Waals surface area contributed by atoms with E-state index in [0.29, 0.717) is 11.4 Å². The Morgan fingerprint density at radius 3 is 2.07 bits per heavy atom. The first-order chi connectivity index (χ1) is 14.3. The maximum absolute atomic E-state index is 12.7. The van der Waals surface area contributed by atoms with Crippen molar-refractivity contribution in [1.29, 1.82) is 0 Å². The molecule has 0 saturated heterocycles. The highest BCUT2D eigenvalue weighted by atomic mass is 19.4. The Balaban J connectivity index is 1.77. The number of nitrogens with one attached hydrogen (secondary N) is 1. The van der Waals surface area contributed by atoms with E-state index in [-0.39, 0.29) is 11.7 Å². The minimum absolute atomic E-state index is 0.0367. The number of carbonyl (C=O) groups is 1. The van der Waals surface area contributed by atoms with Crippen LogP contribution in [0.25, 0.3) is 11.1 Å². The molecule has 1 amide bonds. The molecule has 0 saturated carbocycles. The third-order valence-electron chi connectivity index (χ3n) is 4.66. The van der Waals surface area contributed by atoms with E-state index in [9.17, 15) is 18.0 Å². The lowest BCUT2D eigenvalue weighted by molar-refractivity contribution is -0.137. The summed E-state index contributed by atoms with van der Waals surface area (Å²) < 4.78 is 38.2. The van der Waals surface area contributed by atoms with Crippen LogP contribution in [-0.2, 0) is 6.18 Å². The quantitative estimate of drug-likeness (QED) is 0.556. The molecule has 0 spiro atoms. The maximum atomic E-state index is 12.7. The van der Waals surface area contributed by atoms with Crippen molar-refractivity contribution in [3.05, 3.63) is 77.7 Å². The number of nitrogens with zero attached hydrogens (tertiary/aromatic N) is 2. The van der Waals surface area contributed by atoms with Gasteiger partial charge in [0.25, 0.3) is 5.91 Å². The molecule has 30 heavy (non-hydrogen) atoms. The topological polar surface area (TPSA) is 80.9 Å². The van der Waals surface area contributed by atoms with E-state index >= 15 is 0 Å². The number of hydrogen-bond donors (Lipinski definition) is 2. The zero-order valence-corrected chi connectivity index (χ0v) is 16.3. The lowest BCUT2D eigenvalue weighted by atomic mass is 9.98. The molecule has 0 bridgehead atoms. The summed E-state index contributed by atoms with van der Waals surface area (Å²) in [6, 6.07) is 12.7. The van der Waals surface area contributed by atoms with E-state index in [4.69, 9.17) is 5.73 Å². The average molecular weight is 414 g/mol. The number of alkyl halides is 3. The second-order valence-corrected chi connectivity index (χ2v) is 6.83. The molecule has 0 radical (unpaired) electrons. The molecular weight excluding hydrogens is 393 g/mol. The first-order valence-electron chi connectivity index (χ1n) is 9.44. The second kappa shape index (κ2) is 8.94. The molecule has 0 fully saturated rings. The van der Waals surface area contributed by atoms with Crippen LogP contribution >= 0.6 is 0 Å². The summed E-state index contributed by atoms with van der Waals surface area (Å²) in [6.07, 6.45) is 0.185. The Morgan fingerprint density at radius 1 is 1.00 bits per heavy atom. The largest absolute Gasteiger partial charge is 0.416 e. The van der Waals surface area contributed by atoms with Crippen LogP contribution in [0.4, 0.5) is 19.0 Å². The lowest BCUT2D eigenvalue weighted by Crippen LogP contribution is -2.15. The summed E-state index contributed by atoms with van der Waals surface area (Å²) in [5, 5.41) is 3.29. The standard InChI is InChI=1S/C22H21F3N4O/c1-2-3-18(29-20-13-27-19(12-28-20)21(26)30)16-6-4-14(5-7-16)15-8-10-17(11-9-15)22(23,24)25/h4-13,18H,2-3H2,1H3,(H2,26,30)(H,28,29).